The highest BCUT2D eigenvalue weighted by molar-refractivity contribution is 7.98. The number of hydrogen-bond donors (Lipinski definition) is 1. The third kappa shape index (κ3) is 3.77. The molecule has 1 fully saturated rings. The highest BCUT2D eigenvalue weighted by atomic mass is 32.2. The fraction of sp³-hybridized carbons (Fsp3) is 0.375. The zero-order chi connectivity index (χ0) is 17.2. The number of thioether (sulfide) groups is 1. The summed E-state index contributed by atoms with van der Waals surface area (Å²) in [4.78, 5) is 16.7. The number of nitrogens with zero attached hydrogens (tertiary/aromatic N) is 4. The lowest BCUT2D eigenvalue weighted by Gasteiger charge is -2.07. The van der Waals surface area contributed by atoms with Crippen LogP contribution in [0.25, 0.3) is 10.8 Å². The van der Waals surface area contributed by atoms with Gasteiger partial charge in [0.25, 0.3) is 0 Å². The second kappa shape index (κ2) is 7.01. The number of thiophene rings is 1. The Morgan fingerprint density at radius 3 is 3.04 bits per heavy atom. The van der Waals surface area contributed by atoms with Crippen molar-refractivity contribution in [2.24, 2.45) is 5.73 Å². The zero-order valence-electron chi connectivity index (χ0n) is 13.4. The first-order valence-electron chi connectivity index (χ1n) is 8.03. The molecule has 130 valence electrons. The monoisotopic (exact) mass is 375 g/mol. The highest BCUT2D eigenvalue weighted by Crippen LogP contribution is 2.40. The minimum atomic E-state index is -0.316. The average Bonchev–Trinajstić information content (AvgIpc) is 3.04. The van der Waals surface area contributed by atoms with Gasteiger partial charge in [0.2, 0.25) is 11.8 Å². The van der Waals surface area contributed by atoms with Crippen molar-refractivity contribution in [3.8, 4) is 10.8 Å². The summed E-state index contributed by atoms with van der Waals surface area (Å²) in [6, 6.07) is 3.95. The highest BCUT2D eigenvalue weighted by Gasteiger charge is 2.30. The minimum Gasteiger partial charge on any atom is -0.444 e. The number of rotatable bonds is 8. The molecule has 7 nitrogen and oxygen atoms in total. The van der Waals surface area contributed by atoms with Gasteiger partial charge in [-0.3, -0.25) is 4.79 Å². The number of amides is 1. The van der Waals surface area contributed by atoms with Gasteiger partial charge in [-0.2, -0.15) is 0 Å². The quantitative estimate of drug-likeness (QED) is 0.608. The molecule has 0 spiro atoms. The molecule has 3 aromatic heterocycles. The maximum Gasteiger partial charge on any atom is 0.236 e. The van der Waals surface area contributed by atoms with Crippen LogP contribution in [0.2, 0.25) is 0 Å². The van der Waals surface area contributed by atoms with E-state index in [0.717, 1.165) is 34.4 Å². The molecule has 0 aromatic carbocycles. The van der Waals surface area contributed by atoms with E-state index in [1.165, 1.54) is 0 Å². The lowest BCUT2D eigenvalue weighted by atomic mass is 10.3. The number of carbonyl (C=O) groups excluding carboxylic acids is 1. The molecule has 4 rings (SSSR count). The van der Waals surface area contributed by atoms with E-state index in [-0.39, 0.29) is 12.3 Å². The standard InChI is InChI=1S/C16H17N5O2S2/c17-13(22)5-6-21-14(10-3-4-10)19-20-16(21)25-9-11-8-23-15(18-11)12-2-1-7-24-12/h1-2,7-8,10H,3-6,9H2,(H2,17,22). The Balaban J connectivity index is 1.46. The summed E-state index contributed by atoms with van der Waals surface area (Å²) in [5.74, 6) is 2.38. The molecule has 0 bridgehead atoms. The third-order valence-electron chi connectivity index (χ3n) is 3.90. The predicted molar refractivity (Wildman–Crippen MR) is 95.2 cm³/mol. The minimum absolute atomic E-state index is 0.289. The molecule has 0 unspecified atom stereocenters. The zero-order valence-corrected chi connectivity index (χ0v) is 15.1. The Hall–Kier alpha value is -2.13. The summed E-state index contributed by atoms with van der Waals surface area (Å²) >= 11 is 3.14. The summed E-state index contributed by atoms with van der Waals surface area (Å²) in [7, 11) is 0. The first-order chi connectivity index (χ1) is 12.2. The topological polar surface area (TPSA) is 99.8 Å². The number of oxazole rings is 1. The summed E-state index contributed by atoms with van der Waals surface area (Å²) in [5, 5.41) is 11.4. The maximum atomic E-state index is 11.1. The Bertz CT molecular complexity index is 867. The SMILES string of the molecule is NC(=O)CCn1c(SCc2coc(-c3cccs3)n2)nnc1C1CC1. The fourth-order valence-electron chi connectivity index (χ4n) is 2.51. The van der Waals surface area contributed by atoms with Gasteiger partial charge in [-0.05, 0) is 24.3 Å². The van der Waals surface area contributed by atoms with E-state index >= 15 is 0 Å². The van der Waals surface area contributed by atoms with Crippen LogP contribution in [0.3, 0.4) is 0 Å². The number of hydrogen-bond acceptors (Lipinski definition) is 7. The van der Waals surface area contributed by atoms with Crippen LogP contribution in [-0.4, -0.2) is 25.7 Å². The smallest absolute Gasteiger partial charge is 0.236 e. The number of aromatic nitrogens is 4. The van der Waals surface area contributed by atoms with Crippen LogP contribution in [0.15, 0.2) is 33.3 Å². The van der Waals surface area contributed by atoms with Crippen molar-refractivity contribution in [1.29, 1.82) is 0 Å². The van der Waals surface area contributed by atoms with E-state index in [1.54, 1.807) is 29.4 Å². The molecule has 0 radical (unpaired) electrons. The third-order valence-corrected chi connectivity index (χ3v) is 5.76. The Labute approximate surface area is 152 Å². The van der Waals surface area contributed by atoms with Crippen molar-refractivity contribution < 1.29 is 9.21 Å². The Morgan fingerprint density at radius 2 is 2.32 bits per heavy atom. The van der Waals surface area contributed by atoms with Crippen molar-refractivity contribution in [3.05, 3.63) is 35.3 Å². The molecule has 0 aliphatic heterocycles. The van der Waals surface area contributed by atoms with Crippen LogP contribution in [-0.2, 0) is 17.1 Å². The molecule has 0 saturated heterocycles. The molecular weight excluding hydrogens is 358 g/mol. The van der Waals surface area contributed by atoms with Crippen LogP contribution < -0.4 is 5.73 Å². The normalized spacial score (nSPS) is 14.1. The molecule has 1 saturated carbocycles. The van der Waals surface area contributed by atoms with Gasteiger partial charge in [-0.1, -0.05) is 17.8 Å². The lowest BCUT2D eigenvalue weighted by molar-refractivity contribution is -0.118. The Kier molecular flexibility index (Phi) is 4.58. The predicted octanol–water partition coefficient (Wildman–Crippen LogP) is 3.04. The van der Waals surface area contributed by atoms with Gasteiger partial charge < -0.3 is 14.7 Å². The summed E-state index contributed by atoms with van der Waals surface area (Å²) in [6.45, 7) is 0.524. The maximum absolute atomic E-state index is 11.1. The van der Waals surface area contributed by atoms with Gasteiger partial charge in [-0.25, -0.2) is 4.98 Å². The molecule has 1 aliphatic rings. The lowest BCUT2D eigenvalue weighted by Crippen LogP contribution is -2.15. The van der Waals surface area contributed by atoms with Crippen LogP contribution in [0, 0.1) is 0 Å². The summed E-state index contributed by atoms with van der Waals surface area (Å²) in [6.07, 6.45) is 4.23. The van der Waals surface area contributed by atoms with Gasteiger partial charge in [0.05, 0.1) is 10.6 Å². The van der Waals surface area contributed by atoms with Gasteiger partial charge in [0.15, 0.2) is 5.16 Å². The van der Waals surface area contributed by atoms with Gasteiger partial charge in [0.1, 0.15) is 12.1 Å². The molecule has 25 heavy (non-hydrogen) atoms. The molecule has 3 heterocycles. The first-order valence-corrected chi connectivity index (χ1v) is 9.89. The number of nitrogens with two attached hydrogens (primary N) is 1. The van der Waals surface area contributed by atoms with Crippen molar-refractivity contribution in [2.75, 3.05) is 0 Å². The summed E-state index contributed by atoms with van der Waals surface area (Å²) < 4.78 is 7.56. The largest absolute Gasteiger partial charge is 0.444 e. The molecule has 9 heteroatoms. The van der Waals surface area contributed by atoms with E-state index in [9.17, 15) is 4.79 Å². The second-order valence-electron chi connectivity index (χ2n) is 5.89. The van der Waals surface area contributed by atoms with E-state index in [0.29, 0.717) is 24.1 Å². The van der Waals surface area contributed by atoms with Crippen LogP contribution in [0.5, 0.6) is 0 Å². The average molecular weight is 375 g/mol. The molecule has 1 amide bonds. The fourth-order valence-corrected chi connectivity index (χ4v) is 4.01. The van der Waals surface area contributed by atoms with E-state index in [4.69, 9.17) is 10.2 Å². The van der Waals surface area contributed by atoms with Crippen LogP contribution in [0.1, 0.15) is 36.7 Å². The van der Waals surface area contributed by atoms with E-state index in [2.05, 4.69) is 15.2 Å². The Morgan fingerprint density at radius 1 is 1.44 bits per heavy atom. The van der Waals surface area contributed by atoms with Crippen molar-refractivity contribution in [1.82, 2.24) is 19.7 Å². The first kappa shape index (κ1) is 16.3. The molecule has 0 atom stereocenters. The van der Waals surface area contributed by atoms with Crippen molar-refractivity contribution in [2.45, 2.75) is 42.6 Å². The molecule has 3 aromatic rings. The van der Waals surface area contributed by atoms with E-state index < -0.39 is 0 Å². The van der Waals surface area contributed by atoms with Gasteiger partial charge in [0, 0.05) is 24.6 Å². The van der Waals surface area contributed by atoms with Crippen molar-refractivity contribution in [3.63, 3.8) is 0 Å². The molecule has 2 N–H and O–H groups in total. The van der Waals surface area contributed by atoms with E-state index in [1.807, 2.05) is 22.1 Å². The van der Waals surface area contributed by atoms with Crippen LogP contribution in [0.4, 0.5) is 0 Å². The van der Waals surface area contributed by atoms with Gasteiger partial charge >= 0.3 is 0 Å². The van der Waals surface area contributed by atoms with Gasteiger partial charge in [-0.15, -0.1) is 21.5 Å². The van der Waals surface area contributed by atoms with Crippen LogP contribution >= 0.6 is 23.1 Å². The number of carbonyl (C=O) groups is 1. The summed E-state index contributed by atoms with van der Waals surface area (Å²) in [5.41, 5.74) is 6.15. The second-order valence-corrected chi connectivity index (χ2v) is 7.78. The number of primary amides is 1. The molecular formula is C16H17N5O2S2. The molecule has 1 aliphatic carbocycles. The van der Waals surface area contributed by atoms with Crippen molar-refractivity contribution >= 4 is 29.0 Å².